The molecule has 8 nitrogen and oxygen atoms in total. The maximum Gasteiger partial charge on any atom is 0.307 e. The fourth-order valence-corrected chi connectivity index (χ4v) is 3.86. The molecule has 3 N–H and O–H groups in total. The summed E-state index contributed by atoms with van der Waals surface area (Å²) in [6.45, 7) is 6.32. The number of hydrogen-bond acceptors (Lipinski definition) is 6. The molecule has 2 amide bonds. The molecule has 0 aliphatic heterocycles. The average Bonchev–Trinajstić information content (AvgIpc) is 2.91. The van der Waals surface area contributed by atoms with Gasteiger partial charge in [0, 0.05) is 23.5 Å². The van der Waals surface area contributed by atoms with Crippen molar-refractivity contribution in [2.24, 2.45) is 5.92 Å². The van der Waals surface area contributed by atoms with E-state index in [4.69, 9.17) is 9.47 Å². The van der Waals surface area contributed by atoms with Crippen molar-refractivity contribution in [1.29, 1.82) is 0 Å². The Morgan fingerprint density at radius 1 is 0.892 bits per heavy atom. The molecule has 0 saturated carbocycles. The number of benzene rings is 3. The second-order valence-corrected chi connectivity index (χ2v) is 8.81. The van der Waals surface area contributed by atoms with Crippen LogP contribution in [0.2, 0.25) is 0 Å². The number of esters is 1. The van der Waals surface area contributed by atoms with Crippen molar-refractivity contribution in [3.8, 4) is 5.75 Å². The number of anilines is 2. The summed E-state index contributed by atoms with van der Waals surface area (Å²) in [5.74, 6) is 0.0886. The van der Waals surface area contributed by atoms with E-state index in [2.05, 4.69) is 16.0 Å². The Kier molecular flexibility index (Phi) is 9.89. The molecule has 0 bridgehead atoms. The fourth-order valence-electron chi connectivity index (χ4n) is 3.86. The third-order valence-corrected chi connectivity index (χ3v) is 6.20. The van der Waals surface area contributed by atoms with E-state index in [9.17, 15) is 14.4 Å². The highest BCUT2D eigenvalue weighted by atomic mass is 16.5. The molecule has 0 unspecified atom stereocenters. The zero-order valence-corrected chi connectivity index (χ0v) is 21.8. The molecule has 2 atom stereocenters. The van der Waals surface area contributed by atoms with Gasteiger partial charge < -0.3 is 25.4 Å². The van der Waals surface area contributed by atoms with Gasteiger partial charge in [0.1, 0.15) is 11.8 Å². The Bertz CT molecular complexity index is 1230. The van der Waals surface area contributed by atoms with Gasteiger partial charge in [0.25, 0.3) is 5.91 Å². The number of hydrogen-bond donors (Lipinski definition) is 3. The summed E-state index contributed by atoms with van der Waals surface area (Å²) in [5.41, 5.74) is 1.91. The van der Waals surface area contributed by atoms with E-state index in [1.54, 1.807) is 38.3 Å². The van der Waals surface area contributed by atoms with Crippen molar-refractivity contribution in [2.45, 2.75) is 39.7 Å². The van der Waals surface area contributed by atoms with Gasteiger partial charge in [-0.3, -0.25) is 14.4 Å². The van der Waals surface area contributed by atoms with Gasteiger partial charge in [-0.1, -0.05) is 32.4 Å². The number of carbonyl (C=O) groups is 3. The van der Waals surface area contributed by atoms with Crippen LogP contribution in [-0.2, 0) is 14.3 Å². The molecule has 8 heteroatoms. The van der Waals surface area contributed by atoms with Crippen molar-refractivity contribution in [3.63, 3.8) is 0 Å². The number of methoxy groups -OCH3 is 1. The maximum absolute atomic E-state index is 13.3. The molecular formula is C29H35N3O5. The van der Waals surface area contributed by atoms with Crippen LogP contribution in [0.15, 0.2) is 60.7 Å². The minimum Gasteiger partial charge on any atom is -0.497 e. The monoisotopic (exact) mass is 505 g/mol. The summed E-state index contributed by atoms with van der Waals surface area (Å²) >= 11 is 0. The van der Waals surface area contributed by atoms with Gasteiger partial charge in [-0.25, -0.2) is 0 Å². The van der Waals surface area contributed by atoms with Gasteiger partial charge >= 0.3 is 5.97 Å². The zero-order chi connectivity index (χ0) is 26.8. The molecule has 37 heavy (non-hydrogen) atoms. The SMILES string of the molecule is CCOC(=O)CCNC(=O)c1ccc(N[C@H](C(=O)Nc2ccc3cc(OC)ccc3c2)[C@@H](C)CC)cc1. The standard InChI is InChI=1S/C29H35N3O5/c1-5-19(3)27(29(35)32-24-13-9-22-18-25(36-4)14-10-21(22)17-24)31-23-11-7-20(8-12-23)28(34)30-16-15-26(33)37-6-2/h7-14,17-19,27,31H,5-6,15-16H2,1-4H3,(H,30,34)(H,32,35)/t19-,27-/m0/s1. The van der Waals surface area contributed by atoms with Crippen LogP contribution in [0.25, 0.3) is 10.8 Å². The molecule has 0 spiro atoms. The van der Waals surface area contributed by atoms with Crippen molar-refractivity contribution in [1.82, 2.24) is 5.32 Å². The van der Waals surface area contributed by atoms with Gasteiger partial charge in [-0.15, -0.1) is 0 Å². The summed E-state index contributed by atoms with van der Waals surface area (Å²) in [7, 11) is 1.63. The summed E-state index contributed by atoms with van der Waals surface area (Å²) < 4.78 is 10.1. The maximum atomic E-state index is 13.3. The van der Waals surface area contributed by atoms with E-state index in [1.165, 1.54) is 0 Å². The van der Waals surface area contributed by atoms with Crippen LogP contribution < -0.4 is 20.7 Å². The number of fused-ring (bicyclic) bond motifs is 1. The van der Waals surface area contributed by atoms with Crippen molar-refractivity contribution >= 4 is 39.9 Å². The normalized spacial score (nSPS) is 12.3. The Balaban J connectivity index is 1.64. The smallest absolute Gasteiger partial charge is 0.307 e. The highest BCUT2D eigenvalue weighted by Crippen LogP contribution is 2.25. The van der Waals surface area contributed by atoms with E-state index < -0.39 is 6.04 Å². The summed E-state index contributed by atoms with van der Waals surface area (Å²) in [6.07, 6.45) is 0.930. The van der Waals surface area contributed by atoms with Crippen LogP contribution in [0.4, 0.5) is 11.4 Å². The van der Waals surface area contributed by atoms with E-state index in [0.717, 1.165) is 28.6 Å². The van der Waals surface area contributed by atoms with Gasteiger partial charge in [0.15, 0.2) is 0 Å². The Labute approximate surface area is 217 Å². The molecule has 0 heterocycles. The molecule has 0 radical (unpaired) electrons. The van der Waals surface area contributed by atoms with Crippen molar-refractivity contribution in [3.05, 3.63) is 66.2 Å². The third-order valence-electron chi connectivity index (χ3n) is 6.20. The van der Waals surface area contributed by atoms with E-state index >= 15 is 0 Å². The molecule has 3 rings (SSSR count). The Hall–Kier alpha value is -4.07. The minimum absolute atomic E-state index is 0.0653. The summed E-state index contributed by atoms with van der Waals surface area (Å²) in [4.78, 5) is 37.0. The number of carbonyl (C=O) groups excluding carboxylic acids is 3. The summed E-state index contributed by atoms with van der Waals surface area (Å²) in [5, 5.41) is 11.1. The van der Waals surface area contributed by atoms with E-state index in [1.807, 2.05) is 50.2 Å². The van der Waals surface area contributed by atoms with Crippen molar-refractivity contribution in [2.75, 3.05) is 30.9 Å². The lowest BCUT2D eigenvalue weighted by atomic mass is 9.97. The molecular weight excluding hydrogens is 470 g/mol. The topological polar surface area (TPSA) is 106 Å². The molecule has 196 valence electrons. The highest BCUT2D eigenvalue weighted by molar-refractivity contribution is 5.99. The number of rotatable bonds is 12. The molecule has 0 saturated heterocycles. The first-order chi connectivity index (χ1) is 17.8. The minimum atomic E-state index is -0.471. The molecule has 0 aromatic heterocycles. The van der Waals surface area contributed by atoms with Gasteiger partial charge in [0.05, 0.1) is 20.1 Å². The Morgan fingerprint density at radius 2 is 1.57 bits per heavy atom. The number of nitrogens with one attached hydrogen (secondary N) is 3. The van der Waals surface area contributed by atoms with Crippen LogP contribution in [0.1, 0.15) is 44.0 Å². The van der Waals surface area contributed by atoms with Gasteiger partial charge in [-0.2, -0.15) is 0 Å². The zero-order valence-electron chi connectivity index (χ0n) is 21.8. The first-order valence-electron chi connectivity index (χ1n) is 12.5. The lowest BCUT2D eigenvalue weighted by Gasteiger charge is -2.25. The third kappa shape index (κ3) is 7.70. The average molecular weight is 506 g/mol. The molecule has 3 aromatic carbocycles. The van der Waals surface area contributed by atoms with Gasteiger partial charge in [-0.05, 0) is 72.1 Å². The lowest BCUT2D eigenvalue weighted by molar-refractivity contribution is -0.142. The van der Waals surface area contributed by atoms with Crippen LogP contribution in [-0.4, -0.2) is 44.1 Å². The van der Waals surface area contributed by atoms with Crippen molar-refractivity contribution < 1.29 is 23.9 Å². The first kappa shape index (κ1) is 27.5. The Morgan fingerprint density at radius 3 is 2.24 bits per heavy atom. The fraction of sp³-hybridized carbons (Fsp3) is 0.345. The van der Waals surface area contributed by atoms with E-state index in [-0.39, 0.29) is 36.7 Å². The largest absolute Gasteiger partial charge is 0.497 e. The second-order valence-electron chi connectivity index (χ2n) is 8.81. The first-order valence-corrected chi connectivity index (χ1v) is 12.5. The molecule has 0 aliphatic rings. The molecule has 3 aromatic rings. The quantitative estimate of drug-likeness (QED) is 0.299. The van der Waals surface area contributed by atoms with Crippen LogP contribution in [0.3, 0.4) is 0 Å². The van der Waals surface area contributed by atoms with Crippen LogP contribution >= 0.6 is 0 Å². The molecule has 0 fully saturated rings. The number of ether oxygens (including phenoxy) is 2. The van der Waals surface area contributed by atoms with Crippen LogP contribution in [0, 0.1) is 5.92 Å². The summed E-state index contributed by atoms with van der Waals surface area (Å²) in [6, 6.07) is 18.0. The second kappa shape index (κ2) is 13.3. The predicted molar refractivity (Wildman–Crippen MR) is 146 cm³/mol. The molecule has 0 aliphatic carbocycles. The predicted octanol–water partition coefficient (Wildman–Crippen LogP) is 5.00. The van der Waals surface area contributed by atoms with Crippen LogP contribution in [0.5, 0.6) is 5.75 Å². The van der Waals surface area contributed by atoms with E-state index in [0.29, 0.717) is 17.9 Å². The highest BCUT2D eigenvalue weighted by Gasteiger charge is 2.24. The van der Waals surface area contributed by atoms with Gasteiger partial charge in [0.2, 0.25) is 5.91 Å². The lowest BCUT2D eigenvalue weighted by Crippen LogP contribution is -2.39. The number of amides is 2.